The number of morpholine rings is 1. The Hall–Kier alpha value is -1.39. The van der Waals surface area contributed by atoms with Gasteiger partial charge in [-0.3, -0.25) is 9.69 Å². The van der Waals surface area contributed by atoms with Gasteiger partial charge in [0.2, 0.25) is 5.91 Å². The summed E-state index contributed by atoms with van der Waals surface area (Å²) >= 11 is 0. The van der Waals surface area contributed by atoms with Crippen molar-refractivity contribution in [3.8, 4) is 0 Å². The fraction of sp³-hybridized carbons (Fsp3) is 0.611. The van der Waals surface area contributed by atoms with E-state index in [-0.39, 0.29) is 11.9 Å². The molecule has 1 amide bonds. The van der Waals surface area contributed by atoms with E-state index in [1.54, 1.807) is 0 Å². The summed E-state index contributed by atoms with van der Waals surface area (Å²) in [5, 5.41) is 3.22. The van der Waals surface area contributed by atoms with Crippen LogP contribution in [0, 0.1) is 5.92 Å². The summed E-state index contributed by atoms with van der Waals surface area (Å²) in [4.78, 5) is 14.5. The largest absolute Gasteiger partial charge is 0.379 e. The van der Waals surface area contributed by atoms with Gasteiger partial charge in [0.25, 0.3) is 0 Å². The molecule has 1 aromatic rings. The van der Waals surface area contributed by atoms with Gasteiger partial charge in [0.15, 0.2) is 0 Å². The standard InChI is InChI=1S/C18H28N2O2/c1-15(2)12-18(21)19-17(13-16-6-4-3-5-7-16)14-20-8-10-22-11-9-20/h3-7,15,17H,8-14H2,1-2H3,(H,19,21). The number of hydrogen-bond acceptors (Lipinski definition) is 3. The summed E-state index contributed by atoms with van der Waals surface area (Å²) in [6.45, 7) is 8.52. The topological polar surface area (TPSA) is 41.6 Å². The SMILES string of the molecule is CC(C)CC(=O)NC(Cc1ccccc1)CN1CCOCC1. The number of rotatable bonds is 7. The molecule has 1 atom stereocenters. The van der Waals surface area contributed by atoms with Crippen LogP contribution in [0.25, 0.3) is 0 Å². The zero-order chi connectivity index (χ0) is 15.8. The molecule has 4 heteroatoms. The summed E-state index contributed by atoms with van der Waals surface area (Å²) in [5.74, 6) is 0.546. The number of amides is 1. The van der Waals surface area contributed by atoms with Crippen molar-refractivity contribution in [1.29, 1.82) is 0 Å². The number of nitrogens with zero attached hydrogens (tertiary/aromatic N) is 1. The van der Waals surface area contributed by atoms with Crippen molar-refractivity contribution < 1.29 is 9.53 Å². The van der Waals surface area contributed by atoms with Crippen molar-refractivity contribution in [2.24, 2.45) is 5.92 Å². The first-order chi connectivity index (χ1) is 10.6. The number of ether oxygens (including phenoxy) is 1. The van der Waals surface area contributed by atoms with E-state index in [1.807, 2.05) is 6.07 Å². The number of benzene rings is 1. The highest BCUT2D eigenvalue weighted by Crippen LogP contribution is 2.08. The minimum Gasteiger partial charge on any atom is -0.379 e. The lowest BCUT2D eigenvalue weighted by Crippen LogP contribution is -2.48. The second-order valence-electron chi connectivity index (χ2n) is 6.47. The van der Waals surface area contributed by atoms with Gasteiger partial charge in [0, 0.05) is 32.1 Å². The molecule has 1 fully saturated rings. The lowest BCUT2D eigenvalue weighted by atomic mass is 10.0. The van der Waals surface area contributed by atoms with E-state index in [0.717, 1.165) is 39.3 Å². The van der Waals surface area contributed by atoms with Crippen molar-refractivity contribution >= 4 is 5.91 Å². The highest BCUT2D eigenvalue weighted by Gasteiger charge is 2.19. The molecule has 4 nitrogen and oxygen atoms in total. The quantitative estimate of drug-likeness (QED) is 0.839. The van der Waals surface area contributed by atoms with Crippen molar-refractivity contribution in [3.63, 3.8) is 0 Å². The fourth-order valence-electron chi connectivity index (χ4n) is 2.81. The third-order valence-electron chi connectivity index (χ3n) is 3.87. The van der Waals surface area contributed by atoms with Crippen LogP contribution in [0.1, 0.15) is 25.8 Å². The molecule has 0 aromatic heterocycles. The molecule has 22 heavy (non-hydrogen) atoms. The van der Waals surface area contributed by atoms with Crippen LogP contribution in [-0.2, 0) is 16.0 Å². The van der Waals surface area contributed by atoms with Crippen LogP contribution >= 0.6 is 0 Å². The van der Waals surface area contributed by atoms with Gasteiger partial charge in [-0.25, -0.2) is 0 Å². The van der Waals surface area contributed by atoms with Crippen LogP contribution in [0.2, 0.25) is 0 Å². The first kappa shape index (κ1) is 17.0. The predicted octanol–water partition coefficient (Wildman–Crippen LogP) is 2.09. The average Bonchev–Trinajstić information content (AvgIpc) is 2.48. The van der Waals surface area contributed by atoms with Gasteiger partial charge in [0.05, 0.1) is 13.2 Å². The fourth-order valence-corrected chi connectivity index (χ4v) is 2.81. The molecular formula is C18H28N2O2. The molecule has 0 aliphatic carbocycles. The molecular weight excluding hydrogens is 276 g/mol. The van der Waals surface area contributed by atoms with Gasteiger partial charge in [-0.05, 0) is 17.9 Å². The molecule has 1 aliphatic rings. The number of carbonyl (C=O) groups excluding carboxylic acids is 1. The third kappa shape index (κ3) is 6.16. The van der Waals surface area contributed by atoms with Gasteiger partial charge in [-0.1, -0.05) is 44.2 Å². The zero-order valence-corrected chi connectivity index (χ0v) is 13.8. The maximum atomic E-state index is 12.1. The van der Waals surface area contributed by atoms with Gasteiger partial charge >= 0.3 is 0 Å². The molecule has 0 spiro atoms. The maximum absolute atomic E-state index is 12.1. The second-order valence-corrected chi connectivity index (χ2v) is 6.47. The van der Waals surface area contributed by atoms with Crippen LogP contribution in [0.3, 0.4) is 0 Å². The highest BCUT2D eigenvalue weighted by molar-refractivity contribution is 5.76. The van der Waals surface area contributed by atoms with E-state index in [2.05, 4.69) is 48.3 Å². The first-order valence-electron chi connectivity index (χ1n) is 8.27. The summed E-state index contributed by atoms with van der Waals surface area (Å²) < 4.78 is 5.40. The lowest BCUT2D eigenvalue weighted by Gasteiger charge is -2.31. The summed E-state index contributed by atoms with van der Waals surface area (Å²) in [6, 6.07) is 10.5. The van der Waals surface area contributed by atoms with Gasteiger partial charge in [-0.15, -0.1) is 0 Å². The van der Waals surface area contributed by atoms with Crippen molar-refractivity contribution in [1.82, 2.24) is 10.2 Å². The van der Waals surface area contributed by atoms with E-state index >= 15 is 0 Å². The molecule has 0 radical (unpaired) electrons. The number of nitrogens with one attached hydrogen (secondary N) is 1. The predicted molar refractivity (Wildman–Crippen MR) is 88.8 cm³/mol. The minimum absolute atomic E-state index is 0.157. The van der Waals surface area contributed by atoms with Gasteiger partial charge in [0.1, 0.15) is 0 Å². The Bertz CT molecular complexity index is 442. The van der Waals surface area contributed by atoms with Crippen molar-refractivity contribution in [3.05, 3.63) is 35.9 Å². The van der Waals surface area contributed by atoms with Gasteiger partial charge in [-0.2, -0.15) is 0 Å². The highest BCUT2D eigenvalue weighted by atomic mass is 16.5. The van der Waals surface area contributed by atoms with Crippen molar-refractivity contribution in [2.75, 3.05) is 32.8 Å². The zero-order valence-electron chi connectivity index (χ0n) is 13.8. The molecule has 0 saturated carbocycles. The summed E-state index contributed by atoms with van der Waals surface area (Å²) in [7, 11) is 0. The molecule has 0 bridgehead atoms. The maximum Gasteiger partial charge on any atom is 0.220 e. The van der Waals surface area contributed by atoms with Crippen molar-refractivity contribution in [2.45, 2.75) is 32.7 Å². The average molecular weight is 304 g/mol. The molecule has 1 heterocycles. The number of carbonyl (C=O) groups is 1. The molecule has 122 valence electrons. The Morgan fingerprint density at radius 2 is 1.91 bits per heavy atom. The van der Waals surface area contributed by atoms with Crippen LogP contribution in [0.5, 0.6) is 0 Å². The van der Waals surface area contributed by atoms with Crippen LogP contribution < -0.4 is 5.32 Å². The van der Waals surface area contributed by atoms with Crippen LogP contribution in [0.4, 0.5) is 0 Å². The smallest absolute Gasteiger partial charge is 0.220 e. The van der Waals surface area contributed by atoms with E-state index in [4.69, 9.17) is 4.74 Å². The van der Waals surface area contributed by atoms with E-state index < -0.39 is 0 Å². The first-order valence-corrected chi connectivity index (χ1v) is 8.27. The van der Waals surface area contributed by atoms with E-state index in [1.165, 1.54) is 5.56 Å². The Balaban J connectivity index is 1.94. The Kier molecular flexibility index (Phi) is 6.87. The van der Waals surface area contributed by atoms with Crippen LogP contribution in [-0.4, -0.2) is 49.7 Å². The van der Waals surface area contributed by atoms with E-state index in [9.17, 15) is 4.79 Å². The second kappa shape index (κ2) is 8.91. The molecule has 1 aromatic carbocycles. The monoisotopic (exact) mass is 304 g/mol. The van der Waals surface area contributed by atoms with E-state index in [0.29, 0.717) is 12.3 Å². The summed E-state index contributed by atoms with van der Waals surface area (Å²) in [6.07, 6.45) is 1.47. The van der Waals surface area contributed by atoms with Gasteiger partial charge < -0.3 is 10.1 Å². The number of hydrogen-bond donors (Lipinski definition) is 1. The lowest BCUT2D eigenvalue weighted by molar-refractivity contribution is -0.122. The Morgan fingerprint density at radius 3 is 2.55 bits per heavy atom. The molecule has 1 unspecified atom stereocenters. The van der Waals surface area contributed by atoms with Crippen LogP contribution in [0.15, 0.2) is 30.3 Å². The summed E-state index contributed by atoms with van der Waals surface area (Å²) in [5.41, 5.74) is 1.27. The molecule has 1 N–H and O–H groups in total. The Labute approximate surface area is 133 Å². The molecule has 2 rings (SSSR count). The molecule has 1 aliphatic heterocycles. The molecule has 1 saturated heterocycles. The minimum atomic E-state index is 0.157. The third-order valence-corrected chi connectivity index (χ3v) is 3.87. The normalized spacial score (nSPS) is 17.4. The Morgan fingerprint density at radius 1 is 1.23 bits per heavy atom.